The summed E-state index contributed by atoms with van der Waals surface area (Å²) in [5.41, 5.74) is 3.10. The molecular formula is C24H29N3O3. The highest BCUT2D eigenvalue weighted by molar-refractivity contribution is 5.63. The second-order valence-electron chi connectivity index (χ2n) is 7.52. The molecule has 0 atom stereocenters. The Hall–Kier alpha value is -2.99. The summed E-state index contributed by atoms with van der Waals surface area (Å²) in [6, 6.07) is 18.5. The Labute approximate surface area is 178 Å². The van der Waals surface area contributed by atoms with Gasteiger partial charge < -0.3 is 18.9 Å². The highest BCUT2D eigenvalue weighted by Gasteiger charge is 2.17. The van der Waals surface area contributed by atoms with Crippen molar-refractivity contribution in [2.45, 2.75) is 12.8 Å². The number of nitrogens with zero attached hydrogens (tertiary/aromatic N) is 3. The molecule has 2 aromatic carbocycles. The maximum atomic E-state index is 5.56. The fourth-order valence-electron chi connectivity index (χ4n) is 3.91. The van der Waals surface area contributed by atoms with Crippen LogP contribution < -0.4 is 14.4 Å². The lowest BCUT2D eigenvalue weighted by atomic mass is 10.1. The molecule has 0 N–H and O–H groups in total. The minimum atomic E-state index is 0.689. The van der Waals surface area contributed by atoms with Crippen LogP contribution in [0.1, 0.15) is 12.2 Å². The minimum absolute atomic E-state index is 0.689. The number of benzene rings is 2. The predicted molar refractivity (Wildman–Crippen MR) is 118 cm³/mol. The van der Waals surface area contributed by atoms with Crippen LogP contribution in [0.5, 0.6) is 11.5 Å². The van der Waals surface area contributed by atoms with Crippen LogP contribution in [0, 0.1) is 0 Å². The first-order chi connectivity index (χ1) is 14.8. The number of hydrogen-bond donors (Lipinski definition) is 0. The summed E-state index contributed by atoms with van der Waals surface area (Å²) in [5, 5.41) is 4.23. The Bertz CT molecular complexity index is 934. The van der Waals surface area contributed by atoms with E-state index in [1.54, 1.807) is 14.2 Å². The number of para-hydroxylation sites is 1. The number of aryl methyl sites for hydroxylation is 1. The van der Waals surface area contributed by atoms with E-state index in [2.05, 4.69) is 45.3 Å². The second kappa shape index (κ2) is 9.67. The zero-order valence-corrected chi connectivity index (χ0v) is 17.7. The van der Waals surface area contributed by atoms with Crippen LogP contribution >= 0.6 is 0 Å². The van der Waals surface area contributed by atoms with E-state index in [-0.39, 0.29) is 0 Å². The van der Waals surface area contributed by atoms with Crippen molar-refractivity contribution in [3.05, 3.63) is 60.4 Å². The Morgan fingerprint density at radius 3 is 2.40 bits per heavy atom. The van der Waals surface area contributed by atoms with Gasteiger partial charge in [0.05, 0.1) is 14.2 Å². The van der Waals surface area contributed by atoms with E-state index in [4.69, 9.17) is 14.0 Å². The molecule has 4 rings (SSSR count). The maximum absolute atomic E-state index is 5.56. The van der Waals surface area contributed by atoms with Gasteiger partial charge in [-0.1, -0.05) is 23.4 Å². The molecule has 1 fully saturated rings. The van der Waals surface area contributed by atoms with Gasteiger partial charge in [0.15, 0.2) is 11.5 Å². The van der Waals surface area contributed by atoms with E-state index in [9.17, 15) is 0 Å². The molecule has 2 heterocycles. The summed E-state index contributed by atoms with van der Waals surface area (Å²) in [4.78, 5) is 4.99. The summed E-state index contributed by atoms with van der Waals surface area (Å²) in [5.74, 6) is 2.31. The number of hydrogen-bond acceptors (Lipinski definition) is 6. The minimum Gasteiger partial charge on any atom is -0.493 e. The van der Waals surface area contributed by atoms with Crippen LogP contribution in [0.2, 0.25) is 0 Å². The van der Waals surface area contributed by atoms with Crippen molar-refractivity contribution in [1.29, 1.82) is 0 Å². The highest BCUT2D eigenvalue weighted by Crippen LogP contribution is 2.32. The third kappa shape index (κ3) is 4.76. The molecule has 0 unspecified atom stereocenters. The van der Waals surface area contributed by atoms with Gasteiger partial charge in [0, 0.05) is 49.9 Å². The number of rotatable bonds is 8. The van der Waals surface area contributed by atoms with Crippen molar-refractivity contribution in [2.24, 2.45) is 0 Å². The molecule has 0 amide bonds. The molecule has 3 aromatic rings. The van der Waals surface area contributed by atoms with E-state index in [0.29, 0.717) is 11.5 Å². The first-order valence-corrected chi connectivity index (χ1v) is 10.5. The van der Waals surface area contributed by atoms with Crippen LogP contribution in [0.4, 0.5) is 5.69 Å². The monoisotopic (exact) mass is 407 g/mol. The molecule has 6 nitrogen and oxygen atoms in total. The number of ether oxygens (including phenoxy) is 2. The number of methoxy groups -OCH3 is 2. The summed E-state index contributed by atoms with van der Waals surface area (Å²) in [7, 11) is 3.27. The Morgan fingerprint density at radius 2 is 1.67 bits per heavy atom. The lowest BCUT2D eigenvalue weighted by Gasteiger charge is -2.36. The van der Waals surface area contributed by atoms with E-state index in [0.717, 1.165) is 62.6 Å². The molecule has 0 spiro atoms. The Kier molecular flexibility index (Phi) is 6.54. The molecule has 1 aromatic heterocycles. The standard InChI is InChI=1S/C24H29N3O3/c1-28-23-11-10-19(17-24(23)29-2)22-18-21(30-25-22)9-6-12-26-13-15-27(16-14-26)20-7-4-3-5-8-20/h3-5,7-8,10-11,17-18H,6,9,12-16H2,1-2H3. The molecule has 0 saturated carbocycles. The third-order valence-corrected chi connectivity index (χ3v) is 5.63. The SMILES string of the molecule is COc1ccc(-c2cc(CCCN3CCN(c4ccccc4)CC3)on2)cc1OC. The predicted octanol–water partition coefficient (Wildman–Crippen LogP) is 4.11. The van der Waals surface area contributed by atoms with Gasteiger partial charge in [0.25, 0.3) is 0 Å². The fraction of sp³-hybridized carbons (Fsp3) is 0.375. The van der Waals surface area contributed by atoms with Crippen LogP contribution in [0.25, 0.3) is 11.3 Å². The van der Waals surface area contributed by atoms with E-state index in [1.165, 1.54) is 5.69 Å². The van der Waals surface area contributed by atoms with Crippen molar-refractivity contribution in [3.63, 3.8) is 0 Å². The number of piperazine rings is 1. The summed E-state index contributed by atoms with van der Waals surface area (Å²) in [6.07, 6.45) is 1.95. The Balaban J connectivity index is 1.25. The molecule has 1 aliphatic rings. The summed E-state index contributed by atoms with van der Waals surface area (Å²) >= 11 is 0. The first-order valence-electron chi connectivity index (χ1n) is 10.5. The van der Waals surface area contributed by atoms with Gasteiger partial charge in [-0.15, -0.1) is 0 Å². The lowest BCUT2D eigenvalue weighted by molar-refractivity contribution is 0.251. The maximum Gasteiger partial charge on any atom is 0.161 e. The largest absolute Gasteiger partial charge is 0.493 e. The van der Waals surface area contributed by atoms with E-state index < -0.39 is 0 Å². The van der Waals surface area contributed by atoms with Gasteiger partial charge in [-0.2, -0.15) is 0 Å². The lowest BCUT2D eigenvalue weighted by Crippen LogP contribution is -2.46. The van der Waals surface area contributed by atoms with Gasteiger partial charge in [-0.25, -0.2) is 0 Å². The van der Waals surface area contributed by atoms with Crippen LogP contribution in [0.3, 0.4) is 0 Å². The zero-order valence-electron chi connectivity index (χ0n) is 17.7. The normalized spacial score (nSPS) is 14.7. The van der Waals surface area contributed by atoms with Gasteiger partial charge >= 0.3 is 0 Å². The molecule has 0 bridgehead atoms. The fourth-order valence-corrected chi connectivity index (χ4v) is 3.91. The smallest absolute Gasteiger partial charge is 0.161 e. The molecule has 0 aliphatic carbocycles. The Morgan fingerprint density at radius 1 is 0.900 bits per heavy atom. The second-order valence-corrected chi connectivity index (χ2v) is 7.52. The average molecular weight is 408 g/mol. The van der Waals surface area contributed by atoms with E-state index in [1.807, 2.05) is 24.3 Å². The molecule has 6 heteroatoms. The van der Waals surface area contributed by atoms with Crippen LogP contribution in [0.15, 0.2) is 59.1 Å². The molecule has 1 saturated heterocycles. The summed E-state index contributed by atoms with van der Waals surface area (Å²) < 4.78 is 16.2. The number of aromatic nitrogens is 1. The van der Waals surface area contributed by atoms with Crippen molar-refractivity contribution in [1.82, 2.24) is 10.1 Å². The van der Waals surface area contributed by atoms with Gasteiger partial charge in [-0.3, -0.25) is 4.90 Å². The average Bonchev–Trinajstić information content (AvgIpc) is 3.28. The number of anilines is 1. The third-order valence-electron chi connectivity index (χ3n) is 5.63. The first kappa shape index (κ1) is 20.3. The van der Waals surface area contributed by atoms with Crippen LogP contribution in [-0.2, 0) is 6.42 Å². The topological polar surface area (TPSA) is 51.0 Å². The van der Waals surface area contributed by atoms with Crippen molar-refractivity contribution in [3.8, 4) is 22.8 Å². The molecular weight excluding hydrogens is 378 g/mol. The summed E-state index contributed by atoms with van der Waals surface area (Å²) in [6.45, 7) is 5.44. The molecule has 30 heavy (non-hydrogen) atoms. The molecule has 158 valence electrons. The van der Waals surface area contributed by atoms with Crippen molar-refractivity contribution < 1.29 is 14.0 Å². The van der Waals surface area contributed by atoms with Gasteiger partial charge in [0.1, 0.15) is 11.5 Å². The zero-order chi connectivity index (χ0) is 20.8. The van der Waals surface area contributed by atoms with E-state index >= 15 is 0 Å². The van der Waals surface area contributed by atoms with Gasteiger partial charge in [-0.05, 0) is 43.3 Å². The van der Waals surface area contributed by atoms with Crippen molar-refractivity contribution >= 4 is 5.69 Å². The molecule has 1 aliphatic heterocycles. The highest BCUT2D eigenvalue weighted by atomic mass is 16.5. The molecule has 0 radical (unpaired) electrons. The van der Waals surface area contributed by atoms with Gasteiger partial charge in [0.2, 0.25) is 0 Å². The van der Waals surface area contributed by atoms with Crippen LogP contribution in [-0.4, -0.2) is 57.0 Å². The van der Waals surface area contributed by atoms with Crippen molar-refractivity contribution in [2.75, 3.05) is 51.8 Å². The quantitative estimate of drug-likeness (QED) is 0.560.